The van der Waals surface area contributed by atoms with Crippen molar-refractivity contribution >= 4 is 34.1 Å². The van der Waals surface area contributed by atoms with Crippen LogP contribution in [0.4, 0.5) is 22.9 Å². The summed E-state index contributed by atoms with van der Waals surface area (Å²) in [5.74, 6) is 1.24. The second-order valence-electron chi connectivity index (χ2n) is 6.94. The molecule has 32 heavy (non-hydrogen) atoms. The van der Waals surface area contributed by atoms with Crippen molar-refractivity contribution in [2.24, 2.45) is 0 Å². The second-order valence-corrected chi connectivity index (χ2v) is 8.29. The number of nitrogens with zero attached hydrogens (tertiary/aromatic N) is 4. The summed E-state index contributed by atoms with van der Waals surface area (Å²) < 4.78 is 17.4. The number of methoxy groups -OCH3 is 1. The molecule has 0 saturated carbocycles. The molecule has 3 aromatic heterocycles. The van der Waals surface area contributed by atoms with E-state index in [0.29, 0.717) is 18.2 Å². The molecule has 1 atom stereocenters. The molecule has 3 heterocycles. The molecule has 0 amide bonds. The van der Waals surface area contributed by atoms with Crippen LogP contribution in [0.5, 0.6) is 5.88 Å². The molecule has 1 N–H and O–H groups in total. The summed E-state index contributed by atoms with van der Waals surface area (Å²) in [6.07, 6.45) is 8.72. The molecule has 0 aliphatic heterocycles. The lowest BCUT2D eigenvalue weighted by Crippen LogP contribution is -2.18. The van der Waals surface area contributed by atoms with Crippen molar-refractivity contribution in [3.8, 4) is 5.88 Å². The average molecular weight is 446 g/mol. The van der Waals surface area contributed by atoms with Crippen LogP contribution in [0.2, 0.25) is 0 Å². The first-order valence-electron chi connectivity index (χ1n) is 9.96. The summed E-state index contributed by atoms with van der Waals surface area (Å²) in [7, 11) is 1.59. The molecular weight excluding hydrogens is 422 g/mol. The predicted molar refractivity (Wildman–Crippen MR) is 127 cm³/mol. The number of aromatic nitrogens is 3. The minimum Gasteiger partial charge on any atom is -0.612 e. The third-order valence-electron chi connectivity index (χ3n) is 4.87. The van der Waals surface area contributed by atoms with Crippen LogP contribution in [-0.2, 0) is 17.7 Å². The molecule has 4 rings (SSSR count). The Morgan fingerprint density at radius 1 is 0.938 bits per heavy atom. The van der Waals surface area contributed by atoms with Crippen molar-refractivity contribution in [2.45, 2.75) is 11.4 Å². The largest absolute Gasteiger partial charge is 0.612 e. The maximum Gasteiger partial charge on any atom is 0.213 e. The highest BCUT2D eigenvalue weighted by Crippen LogP contribution is 2.31. The molecule has 0 spiro atoms. The van der Waals surface area contributed by atoms with Crippen molar-refractivity contribution in [3.05, 3.63) is 91.0 Å². The summed E-state index contributed by atoms with van der Waals surface area (Å²) in [5, 5.41) is 3.37. The third-order valence-corrected chi connectivity index (χ3v) is 5.84. The van der Waals surface area contributed by atoms with E-state index >= 15 is 0 Å². The van der Waals surface area contributed by atoms with Crippen molar-refractivity contribution in [3.63, 3.8) is 0 Å². The van der Waals surface area contributed by atoms with Crippen LogP contribution >= 0.6 is 0 Å². The first kappa shape index (κ1) is 21.6. The molecular formula is C24H23N5O2S. The molecule has 0 fully saturated rings. The van der Waals surface area contributed by atoms with Crippen LogP contribution in [0.3, 0.4) is 0 Å². The lowest BCUT2D eigenvalue weighted by molar-refractivity contribution is 0.398. The van der Waals surface area contributed by atoms with Gasteiger partial charge in [0, 0.05) is 24.0 Å². The Kier molecular flexibility index (Phi) is 6.84. The van der Waals surface area contributed by atoms with Crippen molar-refractivity contribution in [2.75, 3.05) is 23.6 Å². The van der Waals surface area contributed by atoms with Crippen molar-refractivity contribution in [1.82, 2.24) is 15.0 Å². The average Bonchev–Trinajstić information content (AvgIpc) is 2.84. The van der Waals surface area contributed by atoms with Gasteiger partial charge in [0.25, 0.3) is 0 Å². The minimum atomic E-state index is -1.12. The van der Waals surface area contributed by atoms with Gasteiger partial charge in [0.15, 0.2) is 4.90 Å². The Balaban J connectivity index is 1.69. The zero-order valence-electron chi connectivity index (χ0n) is 17.8. The maximum absolute atomic E-state index is 12.2. The first-order chi connectivity index (χ1) is 15.7. The Morgan fingerprint density at radius 3 is 2.47 bits per heavy atom. The molecule has 0 aliphatic rings. The van der Waals surface area contributed by atoms with E-state index in [9.17, 15) is 4.55 Å². The Labute approximate surface area is 190 Å². The van der Waals surface area contributed by atoms with Gasteiger partial charge in [-0.3, -0.25) is 4.98 Å². The summed E-state index contributed by atoms with van der Waals surface area (Å²) >= 11 is -1.12. The third kappa shape index (κ3) is 4.99. The fourth-order valence-corrected chi connectivity index (χ4v) is 3.99. The highest BCUT2D eigenvalue weighted by molar-refractivity contribution is 7.90. The predicted octanol–water partition coefficient (Wildman–Crippen LogP) is 4.70. The summed E-state index contributed by atoms with van der Waals surface area (Å²) in [6, 6.07) is 19.1. The second kappa shape index (κ2) is 10.1. The van der Waals surface area contributed by atoms with Gasteiger partial charge in [0.05, 0.1) is 43.1 Å². The van der Waals surface area contributed by atoms with E-state index in [4.69, 9.17) is 4.74 Å². The number of hydrogen-bond acceptors (Lipinski definition) is 7. The Hall–Kier alpha value is -3.62. The molecule has 0 saturated heterocycles. The van der Waals surface area contributed by atoms with Crippen LogP contribution < -0.4 is 15.0 Å². The van der Waals surface area contributed by atoms with Gasteiger partial charge in [-0.1, -0.05) is 18.2 Å². The van der Waals surface area contributed by atoms with Crippen molar-refractivity contribution in [1.29, 1.82) is 0 Å². The van der Waals surface area contributed by atoms with Gasteiger partial charge >= 0.3 is 0 Å². The van der Waals surface area contributed by atoms with Crippen LogP contribution in [0.1, 0.15) is 5.56 Å². The summed E-state index contributed by atoms with van der Waals surface area (Å²) in [5.41, 5.74) is 3.55. The van der Waals surface area contributed by atoms with E-state index in [0.717, 1.165) is 27.5 Å². The number of rotatable bonds is 8. The molecule has 4 aromatic rings. The topological polar surface area (TPSA) is 86.2 Å². The molecule has 8 heteroatoms. The number of hydrogen-bond donors (Lipinski definition) is 1. The molecule has 1 aromatic carbocycles. The molecule has 0 radical (unpaired) electrons. The van der Waals surface area contributed by atoms with Gasteiger partial charge in [-0.15, -0.1) is 0 Å². The van der Waals surface area contributed by atoms with E-state index in [1.807, 2.05) is 66.9 Å². The van der Waals surface area contributed by atoms with Gasteiger partial charge < -0.3 is 19.5 Å². The molecule has 1 unspecified atom stereocenters. The summed E-state index contributed by atoms with van der Waals surface area (Å²) in [4.78, 5) is 16.0. The van der Waals surface area contributed by atoms with E-state index in [1.54, 1.807) is 32.0 Å². The Bertz CT molecular complexity index is 1160. The Morgan fingerprint density at radius 2 is 1.75 bits per heavy atom. The SMILES string of the molecule is COc1ccc(N(Cc2cccnc2Nc2ccccc2[S+](C)[O-])c2cccnc2)cn1. The molecule has 0 bridgehead atoms. The zero-order chi connectivity index (χ0) is 22.3. The highest BCUT2D eigenvalue weighted by Gasteiger charge is 2.17. The monoisotopic (exact) mass is 445 g/mol. The van der Waals surface area contributed by atoms with Crippen LogP contribution in [0, 0.1) is 0 Å². The van der Waals surface area contributed by atoms with Gasteiger partial charge in [-0.25, -0.2) is 9.97 Å². The number of nitrogens with one attached hydrogen (secondary N) is 1. The number of pyridine rings is 3. The zero-order valence-corrected chi connectivity index (χ0v) is 18.6. The van der Waals surface area contributed by atoms with Crippen molar-refractivity contribution < 1.29 is 9.29 Å². The normalized spacial score (nSPS) is 11.6. The quantitative estimate of drug-likeness (QED) is 0.393. The highest BCUT2D eigenvalue weighted by atomic mass is 32.2. The smallest absolute Gasteiger partial charge is 0.213 e. The fourth-order valence-electron chi connectivity index (χ4n) is 3.30. The number of para-hydroxylation sites is 1. The van der Waals surface area contributed by atoms with E-state index in [1.165, 1.54) is 0 Å². The van der Waals surface area contributed by atoms with Gasteiger partial charge in [0.2, 0.25) is 5.88 Å². The lowest BCUT2D eigenvalue weighted by atomic mass is 10.2. The van der Waals surface area contributed by atoms with Gasteiger partial charge in [-0.05, 0) is 47.6 Å². The van der Waals surface area contributed by atoms with Gasteiger partial charge in [-0.2, -0.15) is 0 Å². The van der Waals surface area contributed by atoms with E-state index < -0.39 is 11.2 Å². The maximum atomic E-state index is 12.2. The molecule has 7 nitrogen and oxygen atoms in total. The first-order valence-corrected chi connectivity index (χ1v) is 11.5. The van der Waals surface area contributed by atoms with Gasteiger partial charge in [0.1, 0.15) is 12.1 Å². The van der Waals surface area contributed by atoms with Crippen LogP contribution in [0.15, 0.2) is 90.3 Å². The summed E-state index contributed by atoms with van der Waals surface area (Å²) in [6.45, 7) is 0.521. The number of anilines is 4. The van der Waals surface area contributed by atoms with E-state index in [2.05, 4.69) is 25.2 Å². The fraction of sp³-hybridized carbons (Fsp3) is 0.125. The number of ether oxygens (including phenoxy) is 1. The van der Waals surface area contributed by atoms with Crippen LogP contribution in [0.25, 0.3) is 0 Å². The minimum absolute atomic E-state index is 0.521. The molecule has 162 valence electrons. The number of benzene rings is 1. The lowest BCUT2D eigenvalue weighted by Gasteiger charge is -2.25. The van der Waals surface area contributed by atoms with Crippen LogP contribution in [-0.4, -0.2) is 32.9 Å². The van der Waals surface area contributed by atoms with E-state index in [-0.39, 0.29) is 0 Å². The standard InChI is InChI=1S/C24H23N5O2S/c1-31-23-12-11-20(16-27-23)29(19-8-6-13-25-15-19)17-18-7-5-14-26-24(18)28-21-9-3-4-10-22(21)32(2)30/h3-16H,17H2,1-2H3,(H,26,28). The molecule has 0 aliphatic carbocycles.